The van der Waals surface area contributed by atoms with Crippen molar-refractivity contribution >= 4 is 5.97 Å². The van der Waals surface area contributed by atoms with Crippen LogP contribution in [0.5, 0.6) is 0 Å². The summed E-state index contributed by atoms with van der Waals surface area (Å²) < 4.78 is 10.2. The highest BCUT2D eigenvalue weighted by atomic mass is 16.5. The van der Waals surface area contributed by atoms with Crippen LogP contribution >= 0.6 is 0 Å². The third kappa shape index (κ3) is 4.99. The van der Waals surface area contributed by atoms with Crippen LogP contribution in [0.15, 0.2) is 0 Å². The molecule has 1 aliphatic rings. The highest BCUT2D eigenvalue weighted by molar-refractivity contribution is 5.76. The van der Waals surface area contributed by atoms with Crippen molar-refractivity contribution in [2.24, 2.45) is 5.73 Å². The number of nitrogens with two attached hydrogens (primary N) is 1. The average Bonchev–Trinajstić information content (AvgIpc) is 2.28. The highest BCUT2D eigenvalue weighted by Crippen LogP contribution is 2.07. The minimum atomic E-state index is -1.25. The van der Waals surface area contributed by atoms with Gasteiger partial charge in [-0.15, -0.1) is 0 Å². The summed E-state index contributed by atoms with van der Waals surface area (Å²) in [5.41, 5.74) is 4.30. The lowest BCUT2D eigenvalue weighted by Gasteiger charge is -2.27. The van der Waals surface area contributed by atoms with Gasteiger partial charge in [-0.25, -0.2) is 0 Å². The Balaban J connectivity index is 2.19. The molecule has 0 unspecified atom stereocenters. The van der Waals surface area contributed by atoms with Crippen molar-refractivity contribution < 1.29 is 19.4 Å². The second-order valence-electron chi connectivity index (χ2n) is 4.75. The number of esters is 1. The van der Waals surface area contributed by atoms with Crippen LogP contribution in [-0.2, 0) is 14.3 Å². The number of ether oxygens (including phenoxy) is 2. The molecule has 6 nitrogen and oxygen atoms in total. The van der Waals surface area contributed by atoms with Crippen molar-refractivity contribution in [2.45, 2.75) is 25.5 Å². The van der Waals surface area contributed by atoms with Crippen molar-refractivity contribution in [2.75, 3.05) is 39.5 Å². The molecule has 1 saturated heterocycles. The quantitative estimate of drug-likeness (QED) is 0.603. The van der Waals surface area contributed by atoms with Crippen LogP contribution in [0, 0.1) is 0 Å². The van der Waals surface area contributed by atoms with Crippen LogP contribution in [0.3, 0.4) is 0 Å². The first-order valence-electron chi connectivity index (χ1n) is 5.86. The maximum absolute atomic E-state index is 11.5. The summed E-state index contributed by atoms with van der Waals surface area (Å²) in [5, 5.41) is 9.55. The van der Waals surface area contributed by atoms with Crippen molar-refractivity contribution in [3.05, 3.63) is 0 Å². The number of carbonyl (C=O) groups excluding carboxylic acids is 1. The van der Waals surface area contributed by atoms with Crippen molar-refractivity contribution in [3.63, 3.8) is 0 Å². The Morgan fingerprint density at radius 1 is 1.53 bits per heavy atom. The summed E-state index contributed by atoms with van der Waals surface area (Å²) in [6.07, 6.45) is 0. The Morgan fingerprint density at radius 2 is 2.12 bits per heavy atom. The number of morpholine rings is 1. The lowest BCUT2D eigenvalue weighted by atomic mass is 10.0. The summed E-state index contributed by atoms with van der Waals surface area (Å²) in [6, 6.07) is -1.01. The minimum absolute atomic E-state index is 0.294. The van der Waals surface area contributed by atoms with E-state index >= 15 is 0 Å². The zero-order valence-corrected chi connectivity index (χ0v) is 10.5. The molecule has 100 valence electrons. The predicted octanol–water partition coefficient (Wildman–Crippen LogP) is -1.04. The molecule has 0 aromatic rings. The van der Waals surface area contributed by atoms with Gasteiger partial charge in [0.1, 0.15) is 12.6 Å². The molecule has 0 spiro atoms. The van der Waals surface area contributed by atoms with Crippen LogP contribution in [0.25, 0.3) is 0 Å². The first-order chi connectivity index (χ1) is 7.91. The van der Waals surface area contributed by atoms with E-state index in [-0.39, 0.29) is 0 Å². The number of carbonyl (C=O) groups is 1. The topological polar surface area (TPSA) is 85.0 Å². The van der Waals surface area contributed by atoms with Gasteiger partial charge in [-0.1, -0.05) is 0 Å². The van der Waals surface area contributed by atoms with Crippen LogP contribution < -0.4 is 5.73 Å². The second kappa shape index (κ2) is 6.30. The summed E-state index contributed by atoms with van der Waals surface area (Å²) in [6.45, 7) is 7.09. The summed E-state index contributed by atoms with van der Waals surface area (Å²) in [7, 11) is 0. The van der Waals surface area contributed by atoms with E-state index in [9.17, 15) is 9.90 Å². The Kier molecular flexibility index (Phi) is 5.32. The average molecular weight is 246 g/mol. The second-order valence-corrected chi connectivity index (χ2v) is 4.75. The van der Waals surface area contributed by atoms with Gasteiger partial charge in [-0.2, -0.15) is 0 Å². The van der Waals surface area contributed by atoms with E-state index in [0.29, 0.717) is 13.2 Å². The molecule has 0 radical (unpaired) electrons. The van der Waals surface area contributed by atoms with Crippen molar-refractivity contribution in [3.8, 4) is 0 Å². The Labute approximate surface area is 102 Å². The van der Waals surface area contributed by atoms with E-state index in [1.165, 1.54) is 13.8 Å². The molecule has 0 aromatic carbocycles. The highest BCUT2D eigenvalue weighted by Gasteiger charge is 2.30. The molecule has 1 rings (SSSR count). The summed E-state index contributed by atoms with van der Waals surface area (Å²) in [4.78, 5) is 13.6. The zero-order chi connectivity index (χ0) is 12.9. The monoisotopic (exact) mass is 246 g/mol. The molecule has 0 amide bonds. The van der Waals surface area contributed by atoms with Crippen LogP contribution in [-0.4, -0.2) is 67.1 Å². The molecule has 1 aliphatic heterocycles. The van der Waals surface area contributed by atoms with Crippen LogP contribution in [0.4, 0.5) is 0 Å². The molecule has 0 bridgehead atoms. The Morgan fingerprint density at radius 3 is 2.65 bits per heavy atom. The van der Waals surface area contributed by atoms with Gasteiger partial charge >= 0.3 is 5.97 Å². The maximum Gasteiger partial charge on any atom is 0.325 e. The Bertz CT molecular complexity index is 246. The van der Waals surface area contributed by atoms with Crippen LogP contribution in [0.1, 0.15) is 13.8 Å². The van der Waals surface area contributed by atoms with Crippen LogP contribution in [0.2, 0.25) is 0 Å². The standard InChI is InChI=1S/C11H22N2O4/c1-11(2,15)9(12)10(14)17-8-5-13-3-6-16-7-4-13/h9,15H,3-8,12H2,1-2H3/t9-/m1/s1. The van der Waals surface area contributed by atoms with Gasteiger partial charge in [-0.3, -0.25) is 9.69 Å². The summed E-state index contributed by atoms with van der Waals surface area (Å²) >= 11 is 0. The molecular formula is C11H22N2O4. The van der Waals surface area contributed by atoms with E-state index in [2.05, 4.69) is 4.90 Å². The van der Waals surface area contributed by atoms with Crippen molar-refractivity contribution in [1.29, 1.82) is 0 Å². The van der Waals surface area contributed by atoms with E-state index in [1.807, 2.05) is 0 Å². The first-order valence-corrected chi connectivity index (χ1v) is 5.86. The lowest BCUT2D eigenvalue weighted by Crippen LogP contribution is -2.50. The van der Waals surface area contributed by atoms with Crippen molar-refractivity contribution in [1.82, 2.24) is 4.90 Å². The molecule has 1 fully saturated rings. The number of rotatable bonds is 5. The fourth-order valence-corrected chi connectivity index (χ4v) is 1.48. The van der Waals surface area contributed by atoms with E-state index in [0.717, 1.165) is 26.3 Å². The predicted molar refractivity (Wildman–Crippen MR) is 62.5 cm³/mol. The van der Waals surface area contributed by atoms with E-state index < -0.39 is 17.6 Å². The number of aliphatic hydroxyl groups is 1. The number of hydrogen-bond donors (Lipinski definition) is 2. The molecule has 3 N–H and O–H groups in total. The molecule has 1 atom stereocenters. The van der Waals surface area contributed by atoms with Gasteiger partial charge in [-0.05, 0) is 13.8 Å². The molecule has 0 aromatic heterocycles. The molecule has 17 heavy (non-hydrogen) atoms. The minimum Gasteiger partial charge on any atom is -0.463 e. The fourth-order valence-electron chi connectivity index (χ4n) is 1.48. The normalized spacial score (nSPS) is 20.0. The summed E-state index contributed by atoms with van der Waals surface area (Å²) in [5.74, 6) is -0.564. The number of nitrogens with zero attached hydrogens (tertiary/aromatic N) is 1. The van der Waals surface area contributed by atoms with Gasteiger partial charge in [0.05, 0.1) is 18.8 Å². The SMILES string of the molecule is CC(C)(O)[C@H](N)C(=O)OCCN1CCOCC1. The zero-order valence-electron chi connectivity index (χ0n) is 10.5. The molecular weight excluding hydrogens is 224 g/mol. The number of hydrogen-bond acceptors (Lipinski definition) is 6. The fraction of sp³-hybridized carbons (Fsp3) is 0.909. The first kappa shape index (κ1) is 14.4. The molecule has 0 saturated carbocycles. The lowest BCUT2D eigenvalue weighted by molar-refractivity contribution is -0.151. The van der Waals surface area contributed by atoms with Gasteiger partial charge in [0.25, 0.3) is 0 Å². The smallest absolute Gasteiger partial charge is 0.325 e. The van der Waals surface area contributed by atoms with E-state index in [4.69, 9.17) is 15.2 Å². The third-order valence-electron chi connectivity index (χ3n) is 2.77. The van der Waals surface area contributed by atoms with Gasteiger partial charge in [0, 0.05) is 19.6 Å². The molecule has 1 heterocycles. The van der Waals surface area contributed by atoms with E-state index in [1.54, 1.807) is 0 Å². The largest absolute Gasteiger partial charge is 0.463 e. The van der Waals surface area contributed by atoms with Gasteiger partial charge < -0.3 is 20.3 Å². The van der Waals surface area contributed by atoms with Gasteiger partial charge in [0.2, 0.25) is 0 Å². The maximum atomic E-state index is 11.5. The van der Waals surface area contributed by atoms with Gasteiger partial charge in [0.15, 0.2) is 0 Å². The Hall–Kier alpha value is -0.690. The molecule has 0 aliphatic carbocycles. The molecule has 6 heteroatoms. The third-order valence-corrected chi connectivity index (χ3v) is 2.77.